The lowest BCUT2D eigenvalue weighted by molar-refractivity contribution is 0.273. The molecule has 0 saturated carbocycles. The number of hydrogen-bond acceptors (Lipinski definition) is 4. The molecule has 0 unspecified atom stereocenters. The first-order valence-electron chi connectivity index (χ1n) is 5.45. The molecule has 1 N–H and O–H groups in total. The van der Waals surface area contributed by atoms with E-state index in [2.05, 4.69) is 24.4 Å². The van der Waals surface area contributed by atoms with E-state index in [4.69, 9.17) is 12.2 Å². The lowest BCUT2D eigenvalue weighted by Crippen LogP contribution is -2.22. The van der Waals surface area contributed by atoms with Gasteiger partial charge in [-0.25, -0.2) is 9.97 Å². The molecule has 1 saturated heterocycles. The smallest absolute Gasteiger partial charge is 0.157 e. The highest BCUT2D eigenvalue weighted by Gasteiger charge is 2.13. The zero-order valence-electron chi connectivity index (χ0n) is 8.89. The monoisotopic (exact) mass is 235 g/mol. The summed E-state index contributed by atoms with van der Waals surface area (Å²) in [7, 11) is 0. The van der Waals surface area contributed by atoms with Crippen LogP contribution in [0, 0.1) is 4.64 Å². The van der Waals surface area contributed by atoms with Gasteiger partial charge >= 0.3 is 0 Å². The van der Waals surface area contributed by atoms with Gasteiger partial charge in [0.05, 0.1) is 19.3 Å². The minimum atomic E-state index is 0.564. The van der Waals surface area contributed by atoms with Crippen molar-refractivity contribution in [2.75, 3.05) is 13.1 Å². The predicted octanol–water partition coefficient (Wildman–Crippen LogP) is 1.54. The van der Waals surface area contributed by atoms with Gasteiger partial charge in [-0.3, -0.25) is 4.90 Å². The zero-order valence-corrected chi connectivity index (χ0v) is 9.70. The molecule has 0 bridgehead atoms. The molecule has 1 aliphatic heterocycles. The van der Waals surface area contributed by atoms with E-state index in [0.29, 0.717) is 4.64 Å². The summed E-state index contributed by atoms with van der Waals surface area (Å²) in [4.78, 5) is 13.8. The minimum absolute atomic E-state index is 0.564. The van der Waals surface area contributed by atoms with Gasteiger partial charge in [0.2, 0.25) is 0 Å². The molecule has 0 atom stereocenters. The van der Waals surface area contributed by atoms with Gasteiger partial charge in [0.25, 0.3) is 0 Å². The van der Waals surface area contributed by atoms with Crippen LogP contribution in [0.4, 0.5) is 0 Å². The first-order chi connectivity index (χ1) is 7.84. The summed E-state index contributed by atoms with van der Waals surface area (Å²) in [5.41, 5.74) is 1.75. The van der Waals surface area contributed by atoms with Crippen molar-refractivity contribution in [2.45, 2.75) is 19.5 Å². The quantitative estimate of drug-likeness (QED) is 0.802. The first kappa shape index (κ1) is 9.92. The largest absolute Gasteiger partial charge is 0.330 e. The van der Waals surface area contributed by atoms with Crippen LogP contribution in [0.15, 0.2) is 12.7 Å². The van der Waals surface area contributed by atoms with Crippen LogP contribution in [0.5, 0.6) is 0 Å². The lowest BCUT2D eigenvalue weighted by Gasteiger charge is -2.15. The predicted molar refractivity (Wildman–Crippen MR) is 63.5 cm³/mol. The molecule has 0 spiro atoms. The number of likely N-dealkylation sites (tertiary alicyclic amines) is 1. The van der Waals surface area contributed by atoms with Gasteiger partial charge in [0.15, 0.2) is 4.64 Å². The van der Waals surface area contributed by atoms with Crippen molar-refractivity contribution in [1.29, 1.82) is 0 Å². The number of H-pyrrole nitrogens is 1. The van der Waals surface area contributed by atoms with Crippen LogP contribution in [0.25, 0.3) is 11.2 Å². The van der Waals surface area contributed by atoms with Gasteiger partial charge in [0.1, 0.15) is 11.2 Å². The highest BCUT2D eigenvalue weighted by molar-refractivity contribution is 7.71. The molecule has 16 heavy (non-hydrogen) atoms. The molecule has 0 amide bonds. The maximum absolute atomic E-state index is 5.13. The highest BCUT2D eigenvalue weighted by atomic mass is 32.1. The molecule has 3 heterocycles. The van der Waals surface area contributed by atoms with E-state index >= 15 is 0 Å². The van der Waals surface area contributed by atoms with Gasteiger partial charge in [-0.1, -0.05) is 12.2 Å². The first-order valence-corrected chi connectivity index (χ1v) is 5.86. The van der Waals surface area contributed by atoms with Gasteiger partial charge < -0.3 is 9.55 Å². The van der Waals surface area contributed by atoms with E-state index in [-0.39, 0.29) is 0 Å². The Labute approximate surface area is 98.1 Å². The van der Waals surface area contributed by atoms with Crippen LogP contribution < -0.4 is 0 Å². The SMILES string of the molecule is S=c1nc[nH]c2c1ncn2CN1CCCC1. The van der Waals surface area contributed by atoms with Crippen molar-refractivity contribution in [1.82, 2.24) is 24.4 Å². The Hall–Kier alpha value is -1.27. The molecule has 0 radical (unpaired) electrons. The molecule has 0 aliphatic carbocycles. The normalized spacial score (nSPS) is 17.2. The molecule has 84 valence electrons. The Kier molecular flexibility index (Phi) is 2.45. The Morgan fingerprint density at radius 1 is 1.31 bits per heavy atom. The van der Waals surface area contributed by atoms with Crippen LogP contribution in [-0.4, -0.2) is 37.5 Å². The number of rotatable bonds is 2. The zero-order chi connectivity index (χ0) is 11.0. The van der Waals surface area contributed by atoms with Crippen LogP contribution in [0.2, 0.25) is 0 Å². The van der Waals surface area contributed by atoms with Crippen LogP contribution in [-0.2, 0) is 6.67 Å². The second-order valence-electron chi connectivity index (χ2n) is 4.09. The standard InChI is InChI=1S/C10H13N5S/c16-10-8-9(11-5-12-10)15(6-13-8)7-14-3-1-2-4-14/h5-6H,1-4,7H2,(H,11,12,16). The lowest BCUT2D eigenvalue weighted by atomic mass is 10.4. The number of imidazole rings is 1. The van der Waals surface area contributed by atoms with Crippen molar-refractivity contribution in [3.63, 3.8) is 0 Å². The Balaban J connectivity index is 1.97. The third-order valence-electron chi connectivity index (χ3n) is 2.97. The maximum Gasteiger partial charge on any atom is 0.157 e. The molecule has 1 aliphatic rings. The summed E-state index contributed by atoms with van der Waals surface area (Å²) in [6, 6.07) is 0. The molecule has 1 fully saturated rings. The average Bonchev–Trinajstić information content (AvgIpc) is 2.90. The molecule has 5 nitrogen and oxygen atoms in total. The van der Waals surface area contributed by atoms with Crippen molar-refractivity contribution in [3.8, 4) is 0 Å². The van der Waals surface area contributed by atoms with E-state index in [1.165, 1.54) is 25.9 Å². The van der Waals surface area contributed by atoms with E-state index in [9.17, 15) is 0 Å². The van der Waals surface area contributed by atoms with Crippen LogP contribution >= 0.6 is 12.2 Å². The summed E-state index contributed by atoms with van der Waals surface area (Å²) in [5.74, 6) is 0. The second-order valence-corrected chi connectivity index (χ2v) is 4.47. The van der Waals surface area contributed by atoms with Gasteiger partial charge in [-0.05, 0) is 25.9 Å². The molecule has 0 aromatic carbocycles. The topological polar surface area (TPSA) is 49.7 Å². The summed E-state index contributed by atoms with van der Waals surface area (Å²) in [6.07, 6.45) is 6.05. The molecule has 2 aromatic heterocycles. The summed E-state index contributed by atoms with van der Waals surface area (Å²) in [5, 5.41) is 0. The summed E-state index contributed by atoms with van der Waals surface area (Å²) in [6.45, 7) is 3.22. The van der Waals surface area contributed by atoms with Gasteiger partial charge in [0, 0.05) is 0 Å². The van der Waals surface area contributed by atoms with Crippen molar-refractivity contribution < 1.29 is 0 Å². The molecular formula is C10H13N5S. The molecule has 6 heteroatoms. The van der Waals surface area contributed by atoms with Crippen LogP contribution in [0.3, 0.4) is 0 Å². The van der Waals surface area contributed by atoms with Crippen molar-refractivity contribution in [3.05, 3.63) is 17.3 Å². The van der Waals surface area contributed by atoms with Crippen molar-refractivity contribution in [2.24, 2.45) is 0 Å². The fourth-order valence-electron chi connectivity index (χ4n) is 2.15. The number of nitrogens with zero attached hydrogens (tertiary/aromatic N) is 4. The number of fused-ring (bicyclic) bond motifs is 1. The maximum atomic E-state index is 5.13. The van der Waals surface area contributed by atoms with Gasteiger partial charge in [-0.15, -0.1) is 0 Å². The fraction of sp³-hybridized carbons (Fsp3) is 0.500. The molecule has 2 aromatic rings. The van der Waals surface area contributed by atoms with E-state index in [1.54, 1.807) is 6.33 Å². The Bertz CT molecular complexity index is 552. The third-order valence-corrected chi connectivity index (χ3v) is 3.27. The van der Waals surface area contributed by atoms with E-state index in [1.807, 2.05) is 6.33 Å². The molecule has 3 rings (SSSR count). The number of nitrogens with one attached hydrogen (secondary N) is 1. The number of aromatic nitrogens is 4. The Morgan fingerprint density at radius 3 is 2.94 bits per heavy atom. The summed E-state index contributed by atoms with van der Waals surface area (Å²) < 4.78 is 2.66. The highest BCUT2D eigenvalue weighted by Crippen LogP contribution is 2.13. The Morgan fingerprint density at radius 2 is 2.12 bits per heavy atom. The van der Waals surface area contributed by atoms with E-state index in [0.717, 1.165) is 17.8 Å². The minimum Gasteiger partial charge on any atom is -0.330 e. The van der Waals surface area contributed by atoms with Crippen LogP contribution in [0.1, 0.15) is 12.8 Å². The fourth-order valence-corrected chi connectivity index (χ4v) is 2.35. The third kappa shape index (κ3) is 1.64. The average molecular weight is 235 g/mol. The second kappa shape index (κ2) is 3.95. The molecular weight excluding hydrogens is 222 g/mol. The summed E-state index contributed by atoms with van der Waals surface area (Å²) >= 11 is 5.13. The number of hydrogen-bond donors (Lipinski definition) is 1. The van der Waals surface area contributed by atoms with Crippen molar-refractivity contribution >= 4 is 23.4 Å². The van der Waals surface area contributed by atoms with E-state index < -0.39 is 0 Å². The number of aromatic amines is 1. The van der Waals surface area contributed by atoms with Gasteiger partial charge in [-0.2, -0.15) is 0 Å².